The second kappa shape index (κ2) is 7.89. The summed E-state index contributed by atoms with van der Waals surface area (Å²) in [6, 6.07) is 17.8. The highest BCUT2D eigenvalue weighted by molar-refractivity contribution is 6.30. The highest BCUT2D eigenvalue weighted by Crippen LogP contribution is 2.42. The SMILES string of the molecule is CC1/C(=N/NC(N)=O)CC(c2ccc(Cl)cc2)N(C)C1c1ccccc1. The van der Waals surface area contributed by atoms with Gasteiger partial charge in [0.15, 0.2) is 0 Å². The second-order valence-electron chi connectivity index (χ2n) is 6.66. The van der Waals surface area contributed by atoms with Gasteiger partial charge in [-0.25, -0.2) is 10.2 Å². The molecule has 0 saturated carbocycles. The molecule has 3 rings (SSSR count). The predicted octanol–water partition coefficient (Wildman–Crippen LogP) is 4.12. The lowest BCUT2D eigenvalue weighted by molar-refractivity contribution is 0.131. The van der Waals surface area contributed by atoms with Crippen LogP contribution in [0.15, 0.2) is 59.7 Å². The van der Waals surface area contributed by atoms with Crippen molar-refractivity contribution in [2.45, 2.75) is 25.4 Å². The maximum Gasteiger partial charge on any atom is 0.332 e. The van der Waals surface area contributed by atoms with Gasteiger partial charge in [0, 0.05) is 35.2 Å². The van der Waals surface area contributed by atoms with E-state index in [9.17, 15) is 4.79 Å². The third-order valence-corrected chi connectivity index (χ3v) is 5.29. The first-order valence-corrected chi connectivity index (χ1v) is 8.99. The summed E-state index contributed by atoms with van der Waals surface area (Å²) < 4.78 is 0. The van der Waals surface area contributed by atoms with Gasteiger partial charge in [0.2, 0.25) is 0 Å². The topological polar surface area (TPSA) is 70.7 Å². The van der Waals surface area contributed by atoms with Crippen molar-refractivity contribution >= 4 is 23.3 Å². The number of hydrogen-bond acceptors (Lipinski definition) is 3. The standard InChI is InChI=1S/C20H23ClN4O/c1-13-17(23-24-20(22)26)12-18(14-8-10-16(21)11-9-14)25(2)19(13)15-6-4-3-5-7-15/h3-11,13,18-19H,12H2,1-2H3,(H3,22,24,26)/b23-17+. The maximum atomic E-state index is 11.1. The largest absolute Gasteiger partial charge is 0.350 e. The number of rotatable bonds is 3. The van der Waals surface area contributed by atoms with E-state index in [0.29, 0.717) is 11.4 Å². The van der Waals surface area contributed by atoms with Crippen molar-refractivity contribution in [3.05, 3.63) is 70.7 Å². The van der Waals surface area contributed by atoms with Gasteiger partial charge < -0.3 is 5.73 Å². The Kier molecular flexibility index (Phi) is 5.59. The Bertz CT molecular complexity index is 791. The molecule has 2 aromatic carbocycles. The monoisotopic (exact) mass is 370 g/mol. The van der Waals surface area contributed by atoms with Gasteiger partial charge in [-0.05, 0) is 30.3 Å². The number of hydrazone groups is 1. The molecule has 3 atom stereocenters. The number of halogens is 1. The molecule has 1 fully saturated rings. The first-order valence-electron chi connectivity index (χ1n) is 8.61. The molecule has 0 bridgehead atoms. The van der Waals surface area contributed by atoms with E-state index in [1.54, 1.807) is 0 Å². The van der Waals surface area contributed by atoms with Gasteiger partial charge in [-0.2, -0.15) is 5.10 Å². The number of carbonyl (C=O) groups is 1. The lowest BCUT2D eigenvalue weighted by atomic mass is 9.80. The highest BCUT2D eigenvalue weighted by atomic mass is 35.5. The van der Waals surface area contributed by atoms with E-state index >= 15 is 0 Å². The molecule has 3 N–H and O–H groups in total. The summed E-state index contributed by atoms with van der Waals surface area (Å²) in [6.45, 7) is 2.13. The highest BCUT2D eigenvalue weighted by Gasteiger charge is 2.38. The van der Waals surface area contributed by atoms with Crippen LogP contribution in [0, 0.1) is 5.92 Å². The summed E-state index contributed by atoms with van der Waals surface area (Å²) in [5.41, 5.74) is 10.9. The second-order valence-corrected chi connectivity index (χ2v) is 7.10. The normalized spacial score (nSPS) is 25.2. The first-order chi connectivity index (χ1) is 12.5. The number of amides is 2. The van der Waals surface area contributed by atoms with E-state index in [1.165, 1.54) is 5.56 Å². The van der Waals surface area contributed by atoms with Gasteiger partial charge in [0.1, 0.15) is 0 Å². The van der Waals surface area contributed by atoms with E-state index in [1.807, 2.05) is 42.5 Å². The van der Waals surface area contributed by atoms with Crippen LogP contribution in [0.2, 0.25) is 5.02 Å². The number of piperidine rings is 1. The molecule has 26 heavy (non-hydrogen) atoms. The van der Waals surface area contributed by atoms with E-state index in [2.05, 4.69) is 41.5 Å². The van der Waals surface area contributed by atoms with Gasteiger partial charge in [-0.1, -0.05) is 61.0 Å². The van der Waals surface area contributed by atoms with E-state index in [-0.39, 0.29) is 18.0 Å². The van der Waals surface area contributed by atoms with Crippen molar-refractivity contribution in [2.75, 3.05) is 7.05 Å². The minimum atomic E-state index is -0.650. The Morgan fingerprint density at radius 2 is 1.81 bits per heavy atom. The Labute approximate surface area is 158 Å². The van der Waals surface area contributed by atoms with Crippen LogP contribution in [0.3, 0.4) is 0 Å². The van der Waals surface area contributed by atoms with Gasteiger partial charge >= 0.3 is 6.03 Å². The molecule has 0 aromatic heterocycles. The fourth-order valence-corrected chi connectivity index (χ4v) is 3.87. The summed E-state index contributed by atoms with van der Waals surface area (Å²) in [7, 11) is 2.13. The van der Waals surface area contributed by atoms with Crippen molar-refractivity contribution in [1.29, 1.82) is 0 Å². The summed E-state index contributed by atoms with van der Waals surface area (Å²) >= 11 is 6.05. The Hall–Kier alpha value is -2.37. The summed E-state index contributed by atoms with van der Waals surface area (Å²) in [4.78, 5) is 13.5. The van der Waals surface area contributed by atoms with Crippen LogP contribution in [-0.4, -0.2) is 23.7 Å². The fraction of sp³-hybridized carbons (Fsp3) is 0.300. The lowest BCUT2D eigenvalue weighted by Crippen LogP contribution is -2.43. The zero-order chi connectivity index (χ0) is 18.7. The summed E-state index contributed by atoms with van der Waals surface area (Å²) in [6.07, 6.45) is 0.711. The van der Waals surface area contributed by atoms with Gasteiger partial charge in [0.05, 0.1) is 0 Å². The van der Waals surface area contributed by atoms with Crippen LogP contribution in [0.25, 0.3) is 0 Å². The van der Waals surface area contributed by atoms with Gasteiger partial charge in [-0.15, -0.1) is 0 Å². The first kappa shape index (κ1) is 18.4. The summed E-state index contributed by atoms with van der Waals surface area (Å²) in [5.74, 6) is 0.137. The Balaban J connectivity index is 2.00. The smallest absolute Gasteiger partial charge is 0.332 e. The van der Waals surface area contributed by atoms with Crippen molar-refractivity contribution in [1.82, 2.24) is 10.3 Å². The molecule has 6 heteroatoms. The van der Waals surface area contributed by atoms with E-state index in [0.717, 1.165) is 11.3 Å². The van der Waals surface area contributed by atoms with Crippen LogP contribution in [0.5, 0.6) is 0 Å². The molecule has 0 radical (unpaired) electrons. The molecule has 1 heterocycles. The lowest BCUT2D eigenvalue weighted by Gasteiger charge is -2.44. The molecule has 0 spiro atoms. The molecule has 5 nitrogen and oxygen atoms in total. The van der Waals surface area contributed by atoms with Crippen LogP contribution in [0.1, 0.15) is 36.6 Å². The molecule has 2 aromatic rings. The van der Waals surface area contributed by atoms with Crippen molar-refractivity contribution in [3.63, 3.8) is 0 Å². The molecule has 136 valence electrons. The van der Waals surface area contributed by atoms with E-state index in [4.69, 9.17) is 17.3 Å². The predicted molar refractivity (Wildman–Crippen MR) is 105 cm³/mol. The molecule has 1 aliphatic rings. The molecule has 1 saturated heterocycles. The minimum Gasteiger partial charge on any atom is -0.350 e. The summed E-state index contributed by atoms with van der Waals surface area (Å²) in [5, 5.41) is 5.02. The third kappa shape index (κ3) is 3.89. The van der Waals surface area contributed by atoms with Crippen molar-refractivity contribution in [3.8, 4) is 0 Å². The molecule has 1 aliphatic heterocycles. The van der Waals surface area contributed by atoms with Crippen LogP contribution >= 0.6 is 11.6 Å². The van der Waals surface area contributed by atoms with Crippen LogP contribution in [0.4, 0.5) is 4.79 Å². The minimum absolute atomic E-state index is 0.127. The number of primary amides is 1. The molecular formula is C20H23ClN4O. The number of nitrogens with one attached hydrogen (secondary N) is 1. The quantitative estimate of drug-likeness (QED) is 0.798. The zero-order valence-electron chi connectivity index (χ0n) is 14.9. The number of urea groups is 1. The van der Waals surface area contributed by atoms with E-state index < -0.39 is 6.03 Å². The number of likely N-dealkylation sites (tertiary alicyclic amines) is 1. The Morgan fingerprint density at radius 1 is 1.15 bits per heavy atom. The number of carbonyl (C=O) groups excluding carboxylic acids is 1. The fourth-order valence-electron chi connectivity index (χ4n) is 3.74. The average Bonchev–Trinajstić information content (AvgIpc) is 2.63. The molecule has 0 aliphatic carbocycles. The number of nitrogens with zero attached hydrogens (tertiary/aromatic N) is 2. The Morgan fingerprint density at radius 3 is 2.42 bits per heavy atom. The molecule has 3 unspecified atom stereocenters. The number of benzene rings is 2. The maximum absolute atomic E-state index is 11.1. The van der Waals surface area contributed by atoms with Gasteiger partial charge in [0.25, 0.3) is 0 Å². The van der Waals surface area contributed by atoms with Crippen molar-refractivity contribution < 1.29 is 4.79 Å². The molecule has 2 amide bonds. The van der Waals surface area contributed by atoms with Crippen LogP contribution < -0.4 is 11.2 Å². The van der Waals surface area contributed by atoms with Crippen LogP contribution in [-0.2, 0) is 0 Å². The average molecular weight is 371 g/mol. The number of hydrogen-bond donors (Lipinski definition) is 2. The number of nitrogens with two attached hydrogens (primary N) is 1. The van der Waals surface area contributed by atoms with Gasteiger partial charge in [-0.3, -0.25) is 4.90 Å². The zero-order valence-corrected chi connectivity index (χ0v) is 15.6. The third-order valence-electron chi connectivity index (χ3n) is 5.04. The van der Waals surface area contributed by atoms with Crippen molar-refractivity contribution in [2.24, 2.45) is 16.8 Å². The molecular weight excluding hydrogens is 348 g/mol.